The van der Waals surface area contributed by atoms with Gasteiger partial charge in [-0.05, 0) is 174 Å². The Hall–Kier alpha value is -8.21. The number of fused-ring (bicyclic) bond motifs is 7. The molecule has 3 nitrogen and oxygen atoms in total. The number of nitrogens with zero attached hydrogens (tertiary/aromatic N) is 3. The molecule has 9 aromatic carbocycles. The van der Waals surface area contributed by atoms with Crippen molar-refractivity contribution in [1.29, 1.82) is 0 Å². The predicted octanol–water partition coefficient (Wildman–Crippen LogP) is 16.8. The molecule has 0 aliphatic heterocycles. The molecule has 4 bridgehead atoms. The summed E-state index contributed by atoms with van der Waals surface area (Å²) in [6.45, 7) is 13.7. The minimum atomic E-state index is 0.110. The van der Waals surface area contributed by atoms with E-state index in [1.807, 2.05) is 0 Å². The van der Waals surface area contributed by atoms with Crippen LogP contribution in [0.4, 0.5) is 0 Å². The molecule has 4 fully saturated rings. The molecule has 79 heavy (non-hydrogen) atoms. The van der Waals surface area contributed by atoms with Crippen LogP contribution in [0.3, 0.4) is 0 Å². The molecule has 0 amide bonds. The highest BCUT2D eigenvalue weighted by Crippen LogP contribution is 2.66. The van der Waals surface area contributed by atoms with E-state index in [2.05, 4.69) is 257 Å². The first kappa shape index (κ1) is 48.0. The van der Waals surface area contributed by atoms with E-state index in [-0.39, 0.29) is 17.5 Å². The zero-order valence-electron chi connectivity index (χ0n) is 46.4. The molecular formula is C75H66BN3. The second-order valence-electron chi connectivity index (χ2n) is 24.6. The summed E-state index contributed by atoms with van der Waals surface area (Å²) in [7, 11) is 0. The Kier molecular flexibility index (Phi) is 11.0. The van der Waals surface area contributed by atoms with Crippen LogP contribution < -0.4 is 16.4 Å². The maximum Gasteiger partial charge on any atom is 0.242 e. The van der Waals surface area contributed by atoms with Crippen molar-refractivity contribution in [2.75, 3.05) is 0 Å². The van der Waals surface area contributed by atoms with Gasteiger partial charge in [0.25, 0.3) is 0 Å². The molecule has 2 atom stereocenters. The number of hydrogen-bond acceptors (Lipinski definition) is 1. The highest BCUT2D eigenvalue weighted by atomic mass is 15.0. The Morgan fingerprint density at radius 2 is 0.937 bits per heavy atom. The van der Waals surface area contributed by atoms with Crippen LogP contribution in [0.15, 0.2) is 206 Å². The van der Waals surface area contributed by atoms with Gasteiger partial charge in [0.05, 0.1) is 33.5 Å². The third kappa shape index (κ3) is 7.65. The standard InChI is InChI=1S/C75H66BN3/c1-47-36-49(3)71(50(4)37-47)76(72-51(5)38-48(2)39-52(72)6)59-17-14-16-56(41-59)66-23-15-22-65(77-66)55-26-28-57(29-27-55)74-42-53-40-54(43-74)45-75(44-53,46-74)58-30-32-61(33-31-58)79-67-24-12-10-20-62(67)63-34-35-69-70(73(63)79)64-21-11-13-25-68(64)78(69)60-18-8-7-9-19-60/h7-39,41,53-54H,40,42-46H2,1-6H3. The van der Waals surface area contributed by atoms with Crippen LogP contribution in [-0.4, -0.2) is 20.8 Å². The summed E-state index contributed by atoms with van der Waals surface area (Å²) < 4.78 is 5.00. The van der Waals surface area contributed by atoms with Crippen molar-refractivity contribution in [3.05, 3.63) is 251 Å². The summed E-state index contributed by atoms with van der Waals surface area (Å²) in [6.07, 6.45) is 7.78. The topological polar surface area (TPSA) is 22.8 Å². The van der Waals surface area contributed by atoms with Gasteiger partial charge in [-0.2, -0.15) is 0 Å². The summed E-state index contributed by atoms with van der Waals surface area (Å²) in [5.74, 6) is 1.50. The number of pyridine rings is 1. The lowest BCUT2D eigenvalue weighted by Gasteiger charge is -2.63. The molecule has 16 rings (SSSR count). The monoisotopic (exact) mass is 1020 g/mol. The van der Waals surface area contributed by atoms with Crippen molar-refractivity contribution in [3.8, 4) is 33.9 Å². The van der Waals surface area contributed by atoms with Gasteiger partial charge in [-0.1, -0.05) is 201 Å². The third-order valence-electron chi connectivity index (χ3n) is 19.4. The highest BCUT2D eigenvalue weighted by Gasteiger charge is 2.58. The molecule has 0 radical (unpaired) electrons. The van der Waals surface area contributed by atoms with Gasteiger partial charge in [0.2, 0.25) is 6.71 Å². The molecule has 4 heteroatoms. The average Bonchev–Trinajstić information content (AvgIpc) is 4.05. The zero-order chi connectivity index (χ0) is 53.3. The molecule has 0 N–H and O–H groups in total. The van der Waals surface area contributed by atoms with Crippen LogP contribution in [0.2, 0.25) is 0 Å². The van der Waals surface area contributed by atoms with Gasteiger partial charge in [-0.3, -0.25) is 0 Å². The summed E-state index contributed by atoms with van der Waals surface area (Å²) in [5, 5.41) is 5.17. The van der Waals surface area contributed by atoms with Crippen LogP contribution in [-0.2, 0) is 10.8 Å². The Bertz CT molecular complexity index is 4290. The maximum absolute atomic E-state index is 5.42. The Morgan fingerprint density at radius 1 is 0.418 bits per heavy atom. The number of aryl methyl sites for hydroxylation is 6. The summed E-state index contributed by atoms with van der Waals surface area (Å²) in [4.78, 5) is 5.42. The molecule has 2 unspecified atom stereocenters. The molecular weight excluding hydrogens is 954 g/mol. The Balaban J connectivity index is 0.752. The number of hydrogen-bond donors (Lipinski definition) is 0. The first-order chi connectivity index (χ1) is 38.5. The Labute approximate surface area is 465 Å². The summed E-state index contributed by atoms with van der Waals surface area (Å²) in [6, 6.07) is 78.3. The van der Waals surface area contributed by atoms with Crippen molar-refractivity contribution in [2.45, 2.75) is 90.9 Å². The maximum atomic E-state index is 5.42. The molecule has 4 aliphatic rings. The summed E-state index contributed by atoms with van der Waals surface area (Å²) >= 11 is 0. The van der Waals surface area contributed by atoms with Crippen LogP contribution in [0.1, 0.15) is 83.0 Å². The highest BCUT2D eigenvalue weighted by molar-refractivity contribution is 6.96. The lowest BCUT2D eigenvalue weighted by molar-refractivity contribution is -0.0281. The average molecular weight is 1020 g/mol. The van der Waals surface area contributed by atoms with Crippen molar-refractivity contribution < 1.29 is 0 Å². The van der Waals surface area contributed by atoms with Gasteiger partial charge >= 0.3 is 0 Å². The second kappa shape index (κ2) is 18.2. The molecule has 12 aromatic rings. The predicted molar refractivity (Wildman–Crippen MR) is 334 cm³/mol. The number of para-hydroxylation sites is 3. The first-order valence-corrected chi connectivity index (χ1v) is 29.0. The van der Waals surface area contributed by atoms with Crippen molar-refractivity contribution in [2.24, 2.45) is 11.8 Å². The first-order valence-electron chi connectivity index (χ1n) is 29.0. The van der Waals surface area contributed by atoms with Crippen LogP contribution in [0, 0.1) is 53.4 Å². The van der Waals surface area contributed by atoms with Gasteiger partial charge in [-0.15, -0.1) is 0 Å². The lowest BCUT2D eigenvalue weighted by Crippen LogP contribution is -2.55. The normalized spacial score (nSPS) is 19.6. The molecule has 4 aliphatic carbocycles. The quantitative estimate of drug-likeness (QED) is 0.132. The fourth-order valence-corrected chi connectivity index (χ4v) is 16.9. The molecule has 0 spiro atoms. The van der Waals surface area contributed by atoms with Crippen LogP contribution in [0.5, 0.6) is 0 Å². The van der Waals surface area contributed by atoms with Crippen molar-refractivity contribution in [3.63, 3.8) is 0 Å². The van der Waals surface area contributed by atoms with E-state index in [0.717, 1.165) is 28.8 Å². The molecule has 3 aromatic heterocycles. The minimum absolute atomic E-state index is 0.110. The van der Waals surface area contributed by atoms with E-state index < -0.39 is 0 Å². The minimum Gasteiger partial charge on any atom is -0.309 e. The lowest BCUT2D eigenvalue weighted by atomic mass is 9.34. The zero-order valence-corrected chi connectivity index (χ0v) is 46.4. The van der Waals surface area contributed by atoms with E-state index in [4.69, 9.17) is 4.98 Å². The van der Waals surface area contributed by atoms with Gasteiger partial charge in [-0.25, -0.2) is 4.98 Å². The third-order valence-corrected chi connectivity index (χ3v) is 19.4. The van der Waals surface area contributed by atoms with E-state index in [1.54, 1.807) is 0 Å². The molecule has 384 valence electrons. The Morgan fingerprint density at radius 3 is 1.56 bits per heavy atom. The van der Waals surface area contributed by atoms with Gasteiger partial charge in [0.1, 0.15) is 0 Å². The van der Waals surface area contributed by atoms with Crippen LogP contribution >= 0.6 is 0 Å². The van der Waals surface area contributed by atoms with Gasteiger partial charge in [0.15, 0.2) is 0 Å². The van der Waals surface area contributed by atoms with E-state index in [0.29, 0.717) is 0 Å². The molecule has 0 saturated heterocycles. The molecule has 4 saturated carbocycles. The van der Waals surface area contributed by atoms with Crippen molar-refractivity contribution in [1.82, 2.24) is 14.1 Å². The fraction of sp³-hybridized carbons (Fsp3) is 0.213. The van der Waals surface area contributed by atoms with E-state index in [1.165, 1.54) is 160 Å². The summed E-state index contributed by atoms with van der Waals surface area (Å²) in [5.41, 5.74) is 27.3. The van der Waals surface area contributed by atoms with Crippen LogP contribution in [0.25, 0.3) is 77.5 Å². The SMILES string of the molecule is Cc1cc(C)c(B(c2cccc(-c3cccc(-c4ccc(C56CC7CC(C5)CC(c5ccc(-n8c9ccccc9c9ccc%10c(c%11ccccc%11n%10-c%10ccccc%10)c98)cc5)(C7)C6)cc4)n3)c2)c2c(C)cc(C)cc2C)c(C)c1. The molecule has 3 heterocycles. The van der Waals surface area contributed by atoms with Gasteiger partial charge < -0.3 is 9.13 Å². The number of rotatable bonds is 9. The van der Waals surface area contributed by atoms with Crippen molar-refractivity contribution >= 4 is 66.7 Å². The number of aromatic nitrogens is 3. The number of benzene rings is 9. The van der Waals surface area contributed by atoms with E-state index in [9.17, 15) is 0 Å². The smallest absolute Gasteiger partial charge is 0.242 e. The fourth-order valence-electron chi connectivity index (χ4n) is 16.9. The van der Waals surface area contributed by atoms with Gasteiger partial charge in [0, 0.05) is 38.5 Å². The second-order valence-corrected chi connectivity index (χ2v) is 24.6. The largest absolute Gasteiger partial charge is 0.309 e. The van der Waals surface area contributed by atoms with E-state index >= 15 is 0 Å².